The van der Waals surface area contributed by atoms with Crippen molar-refractivity contribution in [2.75, 3.05) is 10.6 Å². The summed E-state index contributed by atoms with van der Waals surface area (Å²) in [6.07, 6.45) is 3.45. The van der Waals surface area contributed by atoms with Crippen LogP contribution in [0.15, 0.2) is 30.6 Å². The molecule has 3 rings (SSSR count). The Kier molecular flexibility index (Phi) is 3.47. The molecule has 0 bridgehead atoms. The summed E-state index contributed by atoms with van der Waals surface area (Å²) in [6.45, 7) is 0. The lowest BCUT2D eigenvalue weighted by Gasteiger charge is -2.07. The summed E-state index contributed by atoms with van der Waals surface area (Å²) in [5.41, 5.74) is 0.312. The van der Waals surface area contributed by atoms with E-state index in [0.29, 0.717) is 11.9 Å². The molecule has 1 aromatic carbocycles. The summed E-state index contributed by atoms with van der Waals surface area (Å²) in [5, 5.41) is 5.61. The summed E-state index contributed by atoms with van der Waals surface area (Å²) < 4.78 is 25.9. The first-order valence-electron chi connectivity index (χ1n) is 6.47. The largest absolute Gasteiger partial charge is 0.367 e. The second kappa shape index (κ2) is 5.43. The second-order valence-corrected chi connectivity index (χ2v) is 4.79. The molecule has 21 heavy (non-hydrogen) atoms. The Labute approximate surface area is 119 Å². The smallest absolute Gasteiger partial charge is 0.274 e. The molecule has 0 radical (unpaired) electrons. The Morgan fingerprint density at radius 1 is 1.14 bits per heavy atom. The minimum absolute atomic E-state index is 0.151. The minimum Gasteiger partial charge on any atom is -0.367 e. The Hall–Kier alpha value is -2.57. The zero-order chi connectivity index (χ0) is 14.8. The van der Waals surface area contributed by atoms with E-state index in [0.717, 1.165) is 25.0 Å². The molecular weight excluding hydrogens is 278 g/mol. The van der Waals surface area contributed by atoms with Gasteiger partial charge in [0.15, 0.2) is 11.6 Å². The van der Waals surface area contributed by atoms with Crippen LogP contribution >= 0.6 is 0 Å². The fourth-order valence-electron chi connectivity index (χ4n) is 1.77. The van der Waals surface area contributed by atoms with Crippen LogP contribution in [-0.4, -0.2) is 21.9 Å². The predicted molar refractivity (Wildman–Crippen MR) is 73.0 cm³/mol. The van der Waals surface area contributed by atoms with Gasteiger partial charge >= 0.3 is 0 Å². The predicted octanol–water partition coefficient (Wildman–Crippen LogP) is 2.58. The molecule has 7 heteroatoms. The maximum atomic E-state index is 13.1. The van der Waals surface area contributed by atoms with Gasteiger partial charge in [0.05, 0.1) is 0 Å². The molecule has 0 unspecified atom stereocenters. The molecule has 0 aliphatic heterocycles. The Morgan fingerprint density at radius 2 is 1.95 bits per heavy atom. The lowest BCUT2D eigenvalue weighted by atomic mass is 10.3. The molecule has 1 aromatic heterocycles. The van der Waals surface area contributed by atoms with E-state index in [1.54, 1.807) is 0 Å². The van der Waals surface area contributed by atoms with Gasteiger partial charge in [0.1, 0.15) is 17.8 Å². The molecule has 1 heterocycles. The summed E-state index contributed by atoms with van der Waals surface area (Å²) in [7, 11) is 0. The van der Waals surface area contributed by atoms with E-state index in [4.69, 9.17) is 0 Å². The van der Waals surface area contributed by atoms with Gasteiger partial charge in [0, 0.05) is 23.9 Å². The van der Waals surface area contributed by atoms with Gasteiger partial charge in [0.25, 0.3) is 5.91 Å². The molecule has 2 aromatic rings. The first-order valence-corrected chi connectivity index (χ1v) is 6.47. The van der Waals surface area contributed by atoms with E-state index in [-0.39, 0.29) is 11.4 Å². The van der Waals surface area contributed by atoms with E-state index in [1.807, 2.05) is 0 Å². The quantitative estimate of drug-likeness (QED) is 0.908. The number of halogens is 2. The number of hydrogen-bond acceptors (Lipinski definition) is 4. The number of hydrogen-bond donors (Lipinski definition) is 2. The van der Waals surface area contributed by atoms with Crippen molar-refractivity contribution >= 4 is 17.4 Å². The number of amides is 1. The number of aromatic nitrogens is 2. The first-order chi connectivity index (χ1) is 10.1. The third kappa shape index (κ3) is 3.31. The van der Waals surface area contributed by atoms with Gasteiger partial charge < -0.3 is 10.6 Å². The summed E-state index contributed by atoms with van der Waals surface area (Å²) in [6, 6.07) is 5.07. The van der Waals surface area contributed by atoms with Crippen molar-refractivity contribution in [2.24, 2.45) is 0 Å². The average Bonchev–Trinajstić information content (AvgIpc) is 3.27. The molecule has 108 valence electrons. The normalized spacial score (nSPS) is 13.8. The lowest BCUT2D eigenvalue weighted by Crippen LogP contribution is -2.15. The molecule has 0 atom stereocenters. The van der Waals surface area contributed by atoms with Crippen molar-refractivity contribution in [2.45, 2.75) is 18.9 Å². The monoisotopic (exact) mass is 290 g/mol. The molecule has 1 aliphatic carbocycles. The highest BCUT2D eigenvalue weighted by Crippen LogP contribution is 2.23. The standard InChI is InChI=1S/C14H12F2N4O/c15-10-4-3-9(5-11(10)16)20-14(21)12-6-13(18-7-17-12)19-8-1-2-8/h3-8H,1-2H2,(H,20,21)(H,17,18,19). The number of benzene rings is 1. The second-order valence-electron chi connectivity index (χ2n) is 4.79. The highest BCUT2D eigenvalue weighted by atomic mass is 19.2. The highest BCUT2D eigenvalue weighted by molar-refractivity contribution is 6.03. The number of carbonyl (C=O) groups excluding carboxylic acids is 1. The van der Waals surface area contributed by atoms with Gasteiger partial charge in [0.2, 0.25) is 0 Å². The molecule has 0 spiro atoms. The van der Waals surface area contributed by atoms with Gasteiger partial charge in [-0.3, -0.25) is 4.79 Å². The molecular formula is C14H12F2N4O. The number of nitrogens with zero attached hydrogens (tertiary/aromatic N) is 2. The Bertz CT molecular complexity index is 688. The number of carbonyl (C=O) groups is 1. The number of nitrogens with one attached hydrogen (secondary N) is 2. The topological polar surface area (TPSA) is 66.9 Å². The van der Waals surface area contributed by atoms with Gasteiger partial charge in [-0.2, -0.15) is 0 Å². The molecule has 0 saturated heterocycles. The van der Waals surface area contributed by atoms with Gasteiger partial charge in [-0.15, -0.1) is 0 Å². The Balaban J connectivity index is 1.73. The zero-order valence-corrected chi connectivity index (χ0v) is 10.9. The van der Waals surface area contributed by atoms with Crippen LogP contribution in [0.1, 0.15) is 23.3 Å². The summed E-state index contributed by atoms with van der Waals surface area (Å²) >= 11 is 0. The summed E-state index contributed by atoms with van der Waals surface area (Å²) in [4.78, 5) is 19.9. The van der Waals surface area contributed by atoms with Crippen molar-refractivity contribution in [3.8, 4) is 0 Å². The van der Waals surface area contributed by atoms with Crippen LogP contribution in [0.5, 0.6) is 0 Å². The molecule has 1 amide bonds. The zero-order valence-electron chi connectivity index (χ0n) is 10.9. The van der Waals surface area contributed by atoms with E-state index in [9.17, 15) is 13.6 Å². The molecule has 1 saturated carbocycles. The van der Waals surface area contributed by atoms with Crippen molar-refractivity contribution in [3.63, 3.8) is 0 Å². The van der Waals surface area contributed by atoms with Gasteiger partial charge in [-0.25, -0.2) is 18.7 Å². The lowest BCUT2D eigenvalue weighted by molar-refractivity contribution is 0.102. The van der Waals surface area contributed by atoms with Gasteiger partial charge in [-0.05, 0) is 25.0 Å². The minimum atomic E-state index is -1.02. The van der Waals surface area contributed by atoms with Crippen molar-refractivity contribution < 1.29 is 13.6 Å². The van der Waals surface area contributed by atoms with Crippen LogP contribution in [0.2, 0.25) is 0 Å². The molecule has 5 nitrogen and oxygen atoms in total. The summed E-state index contributed by atoms with van der Waals surface area (Å²) in [5.74, 6) is -1.93. The van der Waals surface area contributed by atoms with Crippen molar-refractivity contribution in [1.82, 2.24) is 9.97 Å². The first kappa shape index (κ1) is 13.4. The van der Waals surface area contributed by atoms with E-state index in [1.165, 1.54) is 18.5 Å². The van der Waals surface area contributed by atoms with Crippen LogP contribution in [-0.2, 0) is 0 Å². The van der Waals surface area contributed by atoms with Crippen LogP contribution < -0.4 is 10.6 Å². The SMILES string of the molecule is O=C(Nc1ccc(F)c(F)c1)c1cc(NC2CC2)ncn1. The van der Waals surface area contributed by atoms with Crippen LogP contribution in [0, 0.1) is 11.6 Å². The average molecular weight is 290 g/mol. The third-order valence-corrected chi connectivity index (χ3v) is 3.01. The fraction of sp³-hybridized carbons (Fsp3) is 0.214. The maximum Gasteiger partial charge on any atom is 0.274 e. The fourth-order valence-corrected chi connectivity index (χ4v) is 1.77. The van der Waals surface area contributed by atoms with E-state index in [2.05, 4.69) is 20.6 Å². The third-order valence-electron chi connectivity index (χ3n) is 3.01. The Morgan fingerprint density at radius 3 is 2.67 bits per heavy atom. The van der Waals surface area contributed by atoms with E-state index >= 15 is 0 Å². The highest BCUT2D eigenvalue weighted by Gasteiger charge is 2.21. The van der Waals surface area contributed by atoms with E-state index < -0.39 is 17.5 Å². The maximum absolute atomic E-state index is 13.1. The molecule has 1 aliphatic rings. The molecule has 2 N–H and O–H groups in total. The number of anilines is 2. The van der Waals surface area contributed by atoms with Crippen molar-refractivity contribution in [3.05, 3.63) is 47.9 Å². The van der Waals surface area contributed by atoms with Crippen LogP contribution in [0.25, 0.3) is 0 Å². The molecule has 1 fully saturated rings. The van der Waals surface area contributed by atoms with Gasteiger partial charge in [-0.1, -0.05) is 0 Å². The number of rotatable bonds is 4. The van der Waals surface area contributed by atoms with Crippen molar-refractivity contribution in [1.29, 1.82) is 0 Å². The van der Waals surface area contributed by atoms with Crippen LogP contribution in [0.3, 0.4) is 0 Å². The van der Waals surface area contributed by atoms with Crippen LogP contribution in [0.4, 0.5) is 20.3 Å².